The molecule has 1 fully saturated rings. The van der Waals surface area contributed by atoms with Crippen LogP contribution in [0.5, 0.6) is 5.75 Å². The summed E-state index contributed by atoms with van der Waals surface area (Å²) >= 11 is 0. The van der Waals surface area contributed by atoms with Gasteiger partial charge in [-0.2, -0.15) is 0 Å². The van der Waals surface area contributed by atoms with E-state index in [9.17, 15) is 9.59 Å². The van der Waals surface area contributed by atoms with Crippen molar-refractivity contribution >= 4 is 17.6 Å². The third-order valence-corrected chi connectivity index (χ3v) is 2.54. The van der Waals surface area contributed by atoms with Crippen molar-refractivity contribution in [1.82, 2.24) is 10.3 Å². The number of piperidine rings is 1. The van der Waals surface area contributed by atoms with E-state index in [1.165, 1.54) is 7.11 Å². The number of amides is 2. The van der Waals surface area contributed by atoms with Crippen molar-refractivity contribution in [2.24, 2.45) is 0 Å². The molecule has 2 heterocycles. The first-order chi connectivity index (χ1) is 8.20. The number of aromatic nitrogens is 1. The van der Waals surface area contributed by atoms with Gasteiger partial charge in [0.15, 0.2) is 11.6 Å². The maximum Gasteiger partial charge on any atom is 0.249 e. The van der Waals surface area contributed by atoms with Gasteiger partial charge in [-0.25, -0.2) is 4.98 Å². The Morgan fingerprint density at radius 3 is 3.06 bits per heavy atom. The number of ether oxygens (including phenoxy) is 1. The molecule has 0 aromatic carbocycles. The number of nitrogens with zero attached hydrogens (tertiary/aromatic N) is 1. The fraction of sp³-hybridized carbons (Fsp3) is 0.364. The Morgan fingerprint density at radius 1 is 1.53 bits per heavy atom. The lowest BCUT2D eigenvalue weighted by Crippen LogP contribution is -2.47. The minimum atomic E-state index is -0.448. The molecular weight excluding hydrogens is 222 g/mol. The highest BCUT2D eigenvalue weighted by atomic mass is 16.5. The predicted molar refractivity (Wildman–Crippen MR) is 60.6 cm³/mol. The lowest BCUT2D eigenvalue weighted by molar-refractivity contribution is -0.133. The maximum absolute atomic E-state index is 11.5. The third-order valence-electron chi connectivity index (χ3n) is 2.54. The van der Waals surface area contributed by atoms with Crippen LogP contribution in [0.4, 0.5) is 5.82 Å². The van der Waals surface area contributed by atoms with Crippen LogP contribution in [0.2, 0.25) is 0 Å². The van der Waals surface area contributed by atoms with Gasteiger partial charge >= 0.3 is 0 Å². The van der Waals surface area contributed by atoms with E-state index >= 15 is 0 Å². The van der Waals surface area contributed by atoms with Crippen LogP contribution in [-0.2, 0) is 9.59 Å². The van der Waals surface area contributed by atoms with Crippen molar-refractivity contribution in [3.63, 3.8) is 0 Å². The number of rotatable bonds is 3. The molecule has 0 aliphatic carbocycles. The molecule has 1 aliphatic rings. The van der Waals surface area contributed by atoms with Crippen molar-refractivity contribution in [3.05, 3.63) is 18.3 Å². The molecule has 2 N–H and O–H groups in total. The summed E-state index contributed by atoms with van der Waals surface area (Å²) in [4.78, 5) is 26.6. The summed E-state index contributed by atoms with van der Waals surface area (Å²) in [5.41, 5.74) is 0. The number of hydrogen-bond acceptors (Lipinski definition) is 5. The van der Waals surface area contributed by atoms with Crippen LogP contribution in [-0.4, -0.2) is 29.9 Å². The number of carbonyl (C=O) groups is 2. The molecule has 2 amide bonds. The molecule has 6 nitrogen and oxygen atoms in total. The zero-order valence-corrected chi connectivity index (χ0v) is 9.40. The second-order valence-corrected chi connectivity index (χ2v) is 3.70. The summed E-state index contributed by atoms with van der Waals surface area (Å²) in [6.45, 7) is 0. The van der Waals surface area contributed by atoms with E-state index < -0.39 is 6.04 Å². The summed E-state index contributed by atoms with van der Waals surface area (Å²) in [5, 5.41) is 5.25. The number of imide groups is 1. The molecular formula is C11H13N3O3. The van der Waals surface area contributed by atoms with E-state index in [0.717, 1.165) is 0 Å². The number of hydrogen-bond donors (Lipinski definition) is 2. The summed E-state index contributed by atoms with van der Waals surface area (Å²) in [6.07, 6.45) is 2.40. The molecule has 1 saturated heterocycles. The van der Waals surface area contributed by atoms with Gasteiger partial charge in [-0.15, -0.1) is 0 Å². The first-order valence-corrected chi connectivity index (χ1v) is 5.30. The van der Waals surface area contributed by atoms with Gasteiger partial charge in [0.1, 0.15) is 6.04 Å². The maximum atomic E-state index is 11.5. The Morgan fingerprint density at radius 2 is 2.35 bits per heavy atom. The van der Waals surface area contributed by atoms with Crippen LogP contribution in [0.15, 0.2) is 18.3 Å². The molecule has 0 saturated carbocycles. The molecule has 1 aliphatic heterocycles. The van der Waals surface area contributed by atoms with Gasteiger partial charge in [0.05, 0.1) is 7.11 Å². The van der Waals surface area contributed by atoms with E-state index in [4.69, 9.17) is 4.74 Å². The summed E-state index contributed by atoms with van der Waals surface area (Å²) in [7, 11) is 1.53. The van der Waals surface area contributed by atoms with E-state index in [-0.39, 0.29) is 11.8 Å². The van der Waals surface area contributed by atoms with E-state index in [1.807, 2.05) is 0 Å². The van der Waals surface area contributed by atoms with Crippen molar-refractivity contribution in [3.8, 4) is 5.75 Å². The average molecular weight is 235 g/mol. The first kappa shape index (κ1) is 11.4. The molecule has 0 bridgehead atoms. The van der Waals surface area contributed by atoms with Gasteiger partial charge in [-0.05, 0) is 18.6 Å². The SMILES string of the molecule is COc1cccnc1NC1CCC(=O)NC1=O. The van der Waals surface area contributed by atoms with Gasteiger partial charge in [-0.1, -0.05) is 0 Å². The molecule has 90 valence electrons. The van der Waals surface area contributed by atoms with Crippen molar-refractivity contribution in [1.29, 1.82) is 0 Å². The Labute approximate surface area is 98.4 Å². The summed E-state index contributed by atoms with van der Waals surface area (Å²) in [5.74, 6) is 0.511. The smallest absolute Gasteiger partial charge is 0.249 e. The fourth-order valence-electron chi connectivity index (χ4n) is 1.66. The van der Waals surface area contributed by atoms with Crippen molar-refractivity contribution in [2.75, 3.05) is 12.4 Å². The van der Waals surface area contributed by atoms with Crippen LogP contribution >= 0.6 is 0 Å². The average Bonchev–Trinajstić information content (AvgIpc) is 2.33. The molecule has 0 spiro atoms. The Kier molecular flexibility index (Phi) is 3.22. The van der Waals surface area contributed by atoms with Gasteiger partial charge < -0.3 is 10.1 Å². The van der Waals surface area contributed by atoms with Gasteiger partial charge in [0.2, 0.25) is 11.8 Å². The van der Waals surface area contributed by atoms with E-state index in [1.54, 1.807) is 18.3 Å². The van der Waals surface area contributed by atoms with Crippen LogP contribution in [0.1, 0.15) is 12.8 Å². The Bertz CT molecular complexity index is 447. The van der Waals surface area contributed by atoms with Crippen LogP contribution < -0.4 is 15.4 Å². The first-order valence-electron chi connectivity index (χ1n) is 5.30. The van der Waals surface area contributed by atoms with Gasteiger partial charge in [0.25, 0.3) is 0 Å². The molecule has 6 heteroatoms. The second kappa shape index (κ2) is 4.82. The molecule has 0 radical (unpaired) electrons. The highest BCUT2D eigenvalue weighted by Gasteiger charge is 2.27. The fourth-order valence-corrected chi connectivity index (χ4v) is 1.66. The lowest BCUT2D eigenvalue weighted by Gasteiger charge is -2.22. The summed E-state index contributed by atoms with van der Waals surface area (Å²) in [6, 6.07) is 3.05. The molecule has 1 atom stereocenters. The normalized spacial score (nSPS) is 19.7. The minimum Gasteiger partial charge on any atom is -0.493 e. The quantitative estimate of drug-likeness (QED) is 0.737. The zero-order valence-electron chi connectivity index (χ0n) is 9.40. The monoisotopic (exact) mass is 235 g/mol. The van der Waals surface area contributed by atoms with E-state index in [2.05, 4.69) is 15.6 Å². The predicted octanol–water partition coefficient (Wildman–Crippen LogP) is 0.307. The zero-order chi connectivity index (χ0) is 12.3. The highest BCUT2D eigenvalue weighted by molar-refractivity contribution is 6.01. The molecule has 1 unspecified atom stereocenters. The number of carbonyl (C=O) groups excluding carboxylic acids is 2. The molecule has 2 rings (SSSR count). The summed E-state index contributed by atoms with van der Waals surface area (Å²) < 4.78 is 5.12. The number of pyridine rings is 1. The minimum absolute atomic E-state index is 0.235. The number of methoxy groups -OCH3 is 1. The number of anilines is 1. The lowest BCUT2D eigenvalue weighted by atomic mass is 10.1. The van der Waals surface area contributed by atoms with Crippen molar-refractivity contribution < 1.29 is 14.3 Å². The molecule has 1 aromatic heterocycles. The molecule has 1 aromatic rings. The molecule has 17 heavy (non-hydrogen) atoms. The van der Waals surface area contributed by atoms with Gasteiger partial charge in [-0.3, -0.25) is 14.9 Å². The highest BCUT2D eigenvalue weighted by Crippen LogP contribution is 2.22. The van der Waals surface area contributed by atoms with Crippen LogP contribution in [0.3, 0.4) is 0 Å². The number of nitrogens with one attached hydrogen (secondary N) is 2. The third kappa shape index (κ3) is 2.52. The van der Waals surface area contributed by atoms with Crippen LogP contribution in [0.25, 0.3) is 0 Å². The Balaban J connectivity index is 2.10. The Hall–Kier alpha value is -2.11. The van der Waals surface area contributed by atoms with Crippen molar-refractivity contribution in [2.45, 2.75) is 18.9 Å². The van der Waals surface area contributed by atoms with Crippen LogP contribution in [0, 0.1) is 0 Å². The standard InChI is InChI=1S/C11H13N3O3/c1-17-8-3-2-6-12-10(8)13-7-4-5-9(15)14-11(7)16/h2-3,6-7H,4-5H2,1H3,(H,12,13)(H,14,15,16). The largest absolute Gasteiger partial charge is 0.493 e. The van der Waals surface area contributed by atoms with E-state index in [0.29, 0.717) is 24.4 Å². The topological polar surface area (TPSA) is 80.3 Å². The second-order valence-electron chi connectivity index (χ2n) is 3.70. The van der Waals surface area contributed by atoms with Gasteiger partial charge in [0, 0.05) is 12.6 Å².